The van der Waals surface area contributed by atoms with E-state index in [1.165, 1.54) is 99.4 Å². The molecule has 0 saturated carbocycles. The van der Waals surface area contributed by atoms with Crippen molar-refractivity contribution < 1.29 is 0 Å². The molecule has 2 aliphatic carbocycles. The van der Waals surface area contributed by atoms with Gasteiger partial charge in [-0.2, -0.15) is 0 Å². The van der Waals surface area contributed by atoms with E-state index in [4.69, 9.17) is 0 Å². The van der Waals surface area contributed by atoms with Crippen molar-refractivity contribution in [3.05, 3.63) is 282 Å². The summed E-state index contributed by atoms with van der Waals surface area (Å²) in [6.07, 6.45) is 0. The van der Waals surface area contributed by atoms with Crippen LogP contribution in [0.1, 0.15) is 47.2 Å². The molecule has 67 heavy (non-hydrogen) atoms. The highest BCUT2D eigenvalue weighted by Gasteiger charge is 2.44. The van der Waals surface area contributed by atoms with E-state index in [-0.39, 0.29) is 10.8 Å². The minimum atomic E-state index is -0.346. The summed E-state index contributed by atoms with van der Waals surface area (Å²) in [5.41, 5.74) is 20.6. The van der Waals surface area contributed by atoms with E-state index in [0.717, 1.165) is 17.1 Å². The first-order valence-electron chi connectivity index (χ1n) is 23.5. The van der Waals surface area contributed by atoms with Gasteiger partial charge in [0.15, 0.2) is 0 Å². The summed E-state index contributed by atoms with van der Waals surface area (Å²) in [6, 6.07) is 92.5. The quantitative estimate of drug-likeness (QED) is 0.144. The third kappa shape index (κ3) is 5.74. The summed E-state index contributed by atoms with van der Waals surface area (Å²) in [7, 11) is 0. The molecule has 2 atom stereocenters. The average molecular weight is 854 g/mol. The molecule has 0 aromatic heterocycles. The largest absolute Gasteiger partial charge is 0.310 e. The molecular formula is C66H47N. The third-order valence-corrected chi connectivity index (χ3v) is 15.2. The van der Waals surface area contributed by atoms with E-state index in [9.17, 15) is 0 Å². The monoisotopic (exact) mass is 853 g/mol. The van der Waals surface area contributed by atoms with Crippen molar-refractivity contribution in [1.82, 2.24) is 0 Å². The summed E-state index contributed by atoms with van der Waals surface area (Å²) < 4.78 is 0. The Hall–Kier alpha value is -8.26. The lowest BCUT2D eigenvalue weighted by Crippen LogP contribution is -2.23. The van der Waals surface area contributed by atoms with E-state index in [1.807, 2.05) is 0 Å². The number of nitrogens with zero attached hydrogens (tertiary/aromatic N) is 1. The first-order chi connectivity index (χ1) is 33.0. The van der Waals surface area contributed by atoms with Crippen molar-refractivity contribution in [2.75, 3.05) is 4.90 Å². The van der Waals surface area contributed by atoms with Crippen LogP contribution in [0.4, 0.5) is 17.1 Å². The highest BCUT2D eigenvalue weighted by molar-refractivity contribution is 6.21. The first kappa shape index (κ1) is 39.1. The fraction of sp³-hybridized carbons (Fsp3) is 0.0606. The van der Waals surface area contributed by atoms with Crippen molar-refractivity contribution in [1.29, 1.82) is 0 Å². The summed E-state index contributed by atoms with van der Waals surface area (Å²) in [4.78, 5) is 2.53. The lowest BCUT2D eigenvalue weighted by molar-refractivity contribution is 0.713. The molecule has 0 bridgehead atoms. The second-order valence-corrected chi connectivity index (χ2v) is 18.6. The standard InChI is InChI=1S/C66H47N/c1-65(46-23-8-4-9-24-46)58-34-19-17-32-56(58)64-59(65)35-20-36-61(64)67(49-41-42-53-52-29-16-18-33-57(52)66(2,60(53)43-49)47-25-10-5-11-26-47)48-39-37-45(38-40-48)63-55-31-15-13-28-51(55)50-27-12-14-30-54(50)62(63)44-21-6-3-7-22-44/h3-43H,1-2H3. The second-order valence-electron chi connectivity index (χ2n) is 18.6. The molecular weight excluding hydrogens is 807 g/mol. The Morgan fingerprint density at radius 3 is 1.33 bits per heavy atom. The van der Waals surface area contributed by atoms with Crippen LogP contribution in [0.3, 0.4) is 0 Å². The molecule has 1 nitrogen and oxygen atoms in total. The minimum Gasteiger partial charge on any atom is -0.310 e. The van der Waals surface area contributed by atoms with E-state index < -0.39 is 0 Å². The van der Waals surface area contributed by atoms with Crippen molar-refractivity contribution >= 4 is 38.6 Å². The van der Waals surface area contributed by atoms with Gasteiger partial charge in [-0.15, -0.1) is 0 Å². The van der Waals surface area contributed by atoms with Gasteiger partial charge >= 0.3 is 0 Å². The van der Waals surface area contributed by atoms with Gasteiger partial charge in [-0.1, -0.05) is 218 Å². The number of hydrogen-bond donors (Lipinski definition) is 0. The van der Waals surface area contributed by atoms with Gasteiger partial charge < -0.3 is 4.90 Å². The normalized spacial score (nSPS) is 16.6. The van der Waals surface area contributed by atoms with E-state index in [0.29, 0.717) is 0 Å². The van der Waals surface area contributed by atoms with Gasteiger partial charge in [-0.3, -0.25) is 0 Å². The van der Waals surface area contributed by atoms with Crippen LogP contribution in [0.5, 0.6) is 0 Å². The Labute approximate surface area is 392 Å². The topological polar surface area (TPSA) is 3.24 Å². The fourth-order valence-corrected chi connectivity index (χ4v) is 12.0. The average Bonchev–Trinajstić information content (AvgIpc) is 3.83. The summed E-state index contributed by atoms with van der Waals surface area (Å²) in [6.45, 7) is 4.82. The van der Waals surface area contributed by atoms with Crippen molar-refractivity contribution in [3.63, 3.8) is 0 Å². The maximum Gasteiger partial charge on any atom is 0.0543 e. The maximum atomic E-state index is 2.53. The van der Waals surface area contributed by atoms with Crippen LogP contribution in [-0.2, 0) is 10.8 Å². The Balaban J connectivity index is 1.06. The summed E-state index contributed by atoms with van der Waals surface area (Å²) >= 11 is 0. The van der Waals surface area contributed by atoms with Gasteiger partial charge in [0.2, 0.25) is 0 Å². The van der Waals surface area contributed by atoms with Gasteiger partial charge in [0.05, 0.1) is 5.69 Å². The van der Waals surface area contributed by atoms with Crippen LogP contribution in [0.15, 0.2) is 249 Å². The Morgan fingerprint density at radius 1 is 0.284 bits per heavy atom. The number of fused-ring (bicyclic) bond motifs is 9. The predicted molar refractivity (Wildman–Crippen MR) is 282 cm³/mol. The van der Waals surface area contributed by atoms with Crippen LogP contribution in [0, 0.1) is 0 Å². The smallest absolute Gasteiger partial charge is 0.0543 e. The fourth-order valence-electron chi connectivity index (χ4n) is 12.0. The second kappa shape index (κ2) is 15.2. The molecule has 2 unspecified atom stereocenters. The Kier molecular flexibility index (Phi) is 8.85. The van der Waals surface area contributed by atoms with Crippen LogP contribution < -0.4 is 4.90 Å². The van der Waals surface area contributed by atoms with Gasteiger partial charge in [0.1, 0.15) is 0 Å². The molecule has 0 radical (unpaired) electrons. The summed E-state index contributed by atoms with van der Waals surface area (Å²) in [5.74, 6) is 0. The van der Waals surface area contributed by atoms with E-state index in [1.54, 1.807) is 0 Å². The maximum absolute atomic E-state index is 2.53. The molecule has 0 amide bonds. The van der Waals surface area contributed by atoms with Crippen LogP contribution in [-0.4, -0.2) is 0 Å². The Bertz CT molecular complexity index is 3700. The molecule has 0 saturated heterocycles. The van der Waals surface area contributed by atoms with Crippen LogP contribution in [0.2, 0.25) is 0 Å². The molecule has 11 aromatic rings. The molecule has 13 rings (SSSR count). The van der Waals surface area contributed by atoms with Crippen LogP contribution in [0.25, 0.3) is 66.1 Å². The summed E-state index contributed by atoms with van der Waals surface area (Å²) in [5, 5.41) is 5.04. The zero-order valence-electron chi connectivity index (χ0n) is 37.6. The number of rotatable bonds is 7. The van der Waals surface area contributed by atoms with Gasteiger partial charge in [0.25, 0.3) is 0 Å². The molecule has 316 valence electrons. The number of benzene rings is 11. The lowest BCUT2D eigenvalue weighted by Gasteiger charge is -2.32. The van der Waals surface area contributed by atoms with Gasteiger partial charge in [-0.05, 0) is 138 Å². The molecule has 0 fully saturated rings. The van der Waals surface area contributed by atoms with Gasteiger partial charge in [-0.25, -0.2) is 0 Å². The number of anilines is 3. The van der Waals surface area contributed by atoms with E-state index >= 15 is 0 Å². The molecule has 0 aliphatic heterocycles. The highest BCUT2D eigenvalue weighted by Crippen LogP contribution is 2.58. The molecule has 1 heteroatoms. The Morgan fingerprint density at radius 2 is 0.716 bits per heavy atom. The van der Waals surface area contributed by atoms with E-state index in [2.05, 4.69) is 267 Å². The van der Waals surface area contributed by atoms with Crippen molar-refractivity contribution in [2.45, 2.75) is 24.7 Å². The minimum absolute atomic E-state index is 0.338. The molecule has 0 N–H and O–H groups in total. The zero-order chi connectivity index (χ0) is 44.7. The van der Waals surface area contributed by atoms with Crippen molar-refractivity contribution in [3.8, 4) is 44.5 Å². The molecule has 2 aliphatic rings. The molecule has 0 heterocycles. The predicted octanol–water partition coefficient (Wildman–Crippen LogP) is 17.5. The van der Waals surface area contributed by atoms with Crippen LogP contribution >= 0.6 is 0 Å². The lowest BCUT2D eigenvalue weighted by atomic mass is 9.74. The SMILES string of the molecule is CC1(c2ccccc2)c2ccccc2-c2ccc(N(c3ccc(-c4c(-c5ccccc5)c5ccccc5c5ccccc45)cc3)c3cccc4c3-c3ccccc3C4(C)c3ccccc3)cc21. The first-order valence-corrected chi connectivity index (χ1v) is 23.5. The molecule has 0 spiro atoms. The third-order valence-electron chi connectivity index (χ3n) is 15.2. The zero-order valence-corrected chi connectivity index (χ0v) is 37.6. The number of hydrogen-bond acceptors (Lipinski definition) is 1. The van der Waals surface area contributed by atoms with Gasteiger partial charge in [0, 0.05) is 27.8 Å². The van der Waals surface area contributed by atoms with Crippen molar-refractivity contribution in [2.24, 2.45) is 0 Å². The highest BCUT2D eigenvalue weighted by atomic mass is 15.1. The molecule has 11 aromatic carbocycles.